The molecule has 0 radical (unpaired) electrons. The van der Waals surface area contributed by atoms with Crippen molar-refractivity contribution in [2.24, 2.45) is 0 Å². The van der Waals surface area contributed by atoms with Gasteiger partial charge in [0.2, 0.25) is 0 Å². The molecule has 0 aliphatic carbocycles. The van der Waals surface area contributed by atoms with Crippen LogP contribution in [0.3, 0.4) is 0 Å². The van der Waals surface area contributed by atoms with Crippen LogP contribution in [0.25, 0.3) is 0 Å². The summed E-state index contributed by atoms with van der Waals surface area (Å²) in [6.07, 6.45) is 2.19. The molecule has 1 aliphatic rings. The van der Waals surface area contributed by atoms with Gasteiger partial charge in [0.1, 0.15) is 5.69 Å². The lowest BCUT2D eigenvalue weighted by Crippen LogP contribution is -2.62. The summed E-state index contributed by atoms with van der Waals surface area (Å²) in [6, 6.07) is 12.0. The van der Waals surface area contributed by atoms with Crippen molar-refractivity contribution < 1.29 is 14.3 Å². The number of piperidine rings is 1. The molecule has 2 aromatic heterocycles. The smallest absolute Gasteiger partial charge is 0.270 e. The SMILES string of the molecule is O=C(N[C@@]1(c2ccccc2)CCN(c2ncc(Cl)cc2F)C[C@H]1O)c1ccn[nH]1. The van der Waals surface area contributed by atoms with Crippen LogP contribution in [0.5, 0.6) is 0 Å². The number of aliphatic hydroxyl groups is 1. The zero-order valence-electron chi connectivity index (χ0n) is 15.3. The molecule has 0 bridgehead atoms. The molecule has 2 atom stereocenters. The standard InChI is InChI=1S/C20H19ClFN5O2/c21-14-10-15(22)18(23-11-14)27-9-7-20(17(28)12-27,13-4-2-1-3-5-13)25-19(29)16-6-8-24-26-16/h1-6,8,10-11,17,28H,7,9,12H2,(H,24,26)(H,25,29)/t17-,20-/m1/s1. The van der Waals surface area contributed by atoms with Gasteiger partial charge < -0.3 is 15.3 Å². The zero-order chi connectivity index (χ0) is 20.4. The van der Waals surface area contributed by atoms with Gasteiger partial charge in [0.15, 0.2) is 11.6 Å². The van der Waals surface area contributed by atoms with E-state index < -0.39 is 17.5 Å². The minimum Gasteiger partial charge on any atom is -0.388 e. The monoisotopic (exact) mass is 415 g/mol. The maximum atomic E-state index is 14.3. The molecule has 1 aliphatic heterocycles. The van der Waals surface area contributed by atoms with E-state index in [1.807, 2.05) is 30.3 Å². The van der Waals surface area contributed by atoms with Crippen LogP contribution in [0.1, 0.15) is 22.5 Å². The first-order valence-electron chi connectivity index (χ1n) is 9.11. The fraction of sp³-hybridized carbons (Fsp3) is 0.250. The van der Waals surface area contributed by atoms with E-state index >= 15 is 0 Å². The van der Waals surface area contributed by atoms with Crippen molar-refractivity contribution in [3.05, 3.63) is 77.0 Å². The number of carbonyl (C=O) groups is 1. The van der Waals surface area contributed by atoms with Gasteiger partial charge in [-0.15, -0.1) is 0 Å². The molecule has 3 heterocycles. The van der Waals surface area contributed by atoms with Gasteiger partial charge in [-0.25, -0.2) is 9.37 Å². The van der Waals surface area contributed by atoms with E-state index in [-0.39, 0.29) is 23.3 Å². The van der Waals surface area contributed by atoms with E-state index in [9.17, 15) is 14.3 Å². The first-order valence-corrected chi connectivity index (χ1v) is 9.49. The Morgan fingerprint density at radius 2 is 2.14 bits per heavy atom. The first kappa shape index (κ1) is 19.4. The van der Waals surface area contributed by atoms with Crippen LogP contribution in [-0.2, 0) is 5.54 Å². The number of hydrogen-bond acceptors (Lipinski definition) is 5. The number of aromatic amines is 1. The Hall–Kier alpha value is -2.97. The molecule has 29 heavy (non-hydrogen) atoms. The summed E-state index contributed by atoms with van der Waals surface area (Å²) < 4.78 is 14.3. The zero-order valence-corrected chi connectivity index (χ0v) is 16.1. The second-order valence-corrected chi connectivity index (χ2v) is 7.37. The lowest BCUT2D eigenvalue weighted by atomic mass is 9.78. The molecule has 3 aromatic rings. The maximum absolute atomic E-state index is 14.3. The predicted molar refractivity (Wildman–Crippen MR) is 106 cm³/mol. The minimum atomic E-state index is -1.04. The first-order chi connectivity index (χ1) is 14.0. The van der Waals surface area contributed by atoms with Crippen LogP contribution in [-0.4, -0.2) is 45.4 Å². The number of halogens is 2. The molecule has 150 valence electrons. The summed E-state index contributed by atoms with van der Waals surface area (Å²) in [5.74, 6) is -0.817. The number of nitrogens with zero attached hydrogens (tertiary/aromatic N) is 3. The van der Waals surface area contributed by atoms with E-state index in [0.29, 0.717) is 18.7 Å². The Morgan fingerprint density at radius 3 is 2.79 bits per heavy atom. The number of H-pyrrole nitrogens is 1. The number of pyridine rings is 1. The van der Waals surface area contributed by atoms with Crippen molar-refractivity contribution >= 4 is 23.3 Å². The topological polar surface area (TPSA) is 94.1 Å². The molecule has 3 N–H and O–H groups in total. The average Bonchev–Trinajstić information content (AvgIpc) is 3.25. The van der Waals surface area contributed by atoms with E-state index in [2.05, 4.69) is 20.5 Å². The van der Waals surface area contributed by atoms with Crippen LogP contribution in [0, 0.1) is 5.82 Å². The van der Waals surface area contributed by atoms with E-state index in [1.54, 1.807) is 11.0 Å². The minimum absolute atomic E-state index is 0.0870. The Labute approximate surface area is 171 Å². The highest BCUT2D eigenvalue weighted by atomic mass is 35.5. The van der Waals surface area contributed by atoms with Gasteiger partial charge in [0.05, 0.1) is 16.7 Å². The summed E-state index contributed by atoms with van der Waals surface area (Å²) in [5.41, 5.74) is 0.0213. The van der Waals surface area contributed by atoms with E-state index in [1.165, 1.54) is 18.5 Å². The highest BCUT2D eigenvalue weighted by Gasteiger charge is 2.45. The number of amides is 1. The van der Waals surface area contributed by atoms with Gasteiger partial charge in [-0.05, 0) is 24.1 Å². The number of aromatic nitrogens is 3. The molecule has 0 spiro atoms. The molecular weight excluding hydrogens is 397 g/mol. The number of hydrogen-bond donors (Lipinski definition) is 3. The molecule has 0 unspecified atom stereocenters. The van der Waals surface area contributed by atoms with E-state index in [0.717, 1.165) is 5.56 Å². The fourth-order valence-corrected chi connectivity index (χ4v) is 3.85. The average molecular weight is 416 g/mol. The molecule has 1 amide bonds. The maximum Gasteiger partial charge on any atom is 0.270 e. The number of anilines is 1. The molecule has 1 aromatic carbocycles. The predicted octanol–water partition coefficient (Wildman–Crippen LogP) is 2.49. The van der Waals surface area contributed by atoms with Gasteiger partial charge in [-0.2, -0.15) is 5.10 Å². The van der Waals surface area contributed by atoms with Gasteiger partial charge in [-0.3, -0.25) is 9.89 Å². The van der Waals surface area contributed by atoms with Crippen molar-refractivity contribution in [1.82, 2.24) is 20.5 Å². The van der Waals surface area contributed by atoms with Crippen LogP contribution in [0.15, 0.2) is 54.9 Å². The number of benzene rings is 1. The Bertz CT molecular complexity index is 1000. The Morgan fingerprint density at radius 1 is 1.34 bits per heavy atom. The second kappa shape index (κ2) is 7.81. The third-order valence-corrected chi connectivity index (χ3v) is 5.40. The number of rotatable bonds is 4. The summed E-state index contributed by atoms with van der Waals surface area (Å²) in [5, 5.41) is 20.7. The van der Waals surface area contributed by atoms with Crippen molar-refractivity contribution in [2.45, 2.75) is 18.1 Å². The lowest BCUT2D eigenvalue weighted by Gasteiger charge is -2.46. The third-order valence-electron chi connectivity index (χ3n) is 5.20. The highest BCUT2D eigenvalue weighted by molar-refractivity contribution is 6.30. The number of aliphatic hydroxyl groups excluding tert-OH is 1. The van der Waals surface area contributed by atoms with Gasteiger partial charge >= 0.3 is 0 Å². The quantitative estimate of drug-likeness (QED) is 0.608. The molecule has 4 rings (SSSR count). The summed E-state index contributed by atoms with van der Waals surface area (Å²) in [6.45, 7) is 0.463. The highest BCUT2D eigenvalue weighted by Crippen LogP contribution is 2.35. The Kier molecular flexibility index (Phi) is 5.21. The van der Waals surface area contributed by atoms with Gasteiger partial charge in [0.25, 0.3) is 5.91 Å². The molecular formula is C20H19ClFN5O2. The molecule has 9 heteroatoms. The number of carbonyl (C=O) groups excluding carboxylic acids is 1. The second-order valence-electron chi connectivity index (χ2n) is 6.93. The molecule has 7 nitrogen and oxygen atoms in total. The summed E-state index contributed by atoms with van der Waals surface area (Å²) in [7, 11) is 0. The van der Waals surface area contributed by atoms with Gasteiger partial charge in [0, 0.05) is 25.5 Å². The molecule has 1 saturated heterocycles. The summed E-state index contributed by atoms with van der Waals surface area (Å²) in [4.78, 5) is 18.5. The van der Waals surface area contributed by atoms with Crippen LogP contribution in [0.2, 0.25) is 5.02 Å². The van der Waals surface area contributed by atoms with Gasteiger partial charge in [-0.1, -0.05) is 41.9 Å². The number of nitrogens with one attached hydrogen (secondary N) is 2. The molecule has 1 fully saturated rings. The normalized spacial score (nSPS) is 21.8. The lowest BCUT2D eigenvalue weighted by molar-refractivity contribution is 0.0361. The Balaban J connectivity index is 1.65. The van der Waals surface area contributed by atoms with E-state index in [4.69, 9.17) is 11.6 Å². The van der Waals surface area contributed by atoms with Crippen molar-refractivity contribution in [1.29, 1.82) is 0 Å². The largest absolute Gasteiger partial charge is 0.388 e. The number of β-amino-alcohol motifs (C(OH)–C–C–N with tert-alkyl or cyclic N) is 1. The summed E-state index contributed by atoms with van der Waals surface area (Å²) >= 11 is 5.79. The third kappa shape index (κ3) is 3.68. The van der Waals surface area contributed by atoms with Crippen LogP contribution in [0.4, 0.5) is 10.2 Å². The fourth-order valence-electron chi connectivity index (χ4n) is 3.71. The van der Waals surface area contributed by atoms with Crippen molar-refractivity contribution in [3.8, 4) is 0 Å². The van der Waals surface area contributed by atoms with Crippen LogP contribution >= 0.6 is 11.6 Å². The van der Waals surface area contributed by atoms with Crippen molar-refractivity contribution in [2.75, 3.05) is 18.0 Å². The molecule has 0 saturated carbocycles. The van der Waals surface area contributed by atoms with Crippen molar-refractivity contribution in [3.63, 3.8) is 0 Å². The van der Waals surface area contributed by atoms with Crippen LogP contribution < -0.4 is 10.2 Å².